The molecule has 0 atom stereocenters. The van der Waals surface area contributed by atoms with Crippen molar-refractivity contribution in [2.24, 2.45) is 0 Å². The molecule has 0 spiro atoms. The number of aryl methyl sites for hydroxylation is 1. The maximum Gasteiger partial charge on any atom is 0.343 e. The van der Waals surface area contributed by atoms with Crippen molar-refractivity contribution < 1.29 is 9.53 Å². The number of benzene rings is 1. The van der Waals surface area contributed by atoms with E-state index >= 15 is 0 Å². The van der Waals surface area contributed by atoms with E-state index in [9.17, 15) is 4.79 Å². The Hall–Kier alpha value is -3.52. The average molecular weight is 409 g/mol. The number of halogens is 1. The summed E-state index contributed by atoms with van der Waals surface area (Å²) in [6.07, 6.45) is 1.44. The summed E-state index contributed by atoms with van der Waals surface area (Å²) in [5.41, 5.74) is 1.75. The lowest BCUT2D eigenvalue weighted by atomic mass is 10.2. The highest BCUT2D eigenvalue weighted by Gasteiger charge is 2.21. The molecule has 1 aromatic carbocycles. The molecule has 0 aliphatic rings. The normalized spacial score (nSPS) is 10.9. The zero-order valence-corrected chi connectivity index (χ0v) is 16.5. The number of carbonyl (C=O) groups excluding carboxylic acids is 1. The molecule has 0 aliphatic heterocycles. The van der Waals surface area contributed by atoms with E-state index in [4.69, 9.17) is 16.3 Å². The van der Waals surface area contributed by atoms with E-state index in [1.54, 1.807) is 19.9 Å². The molecule has 0 unspecified atom stereocenters. The maximum absolute atomic E-state index is 12.5. The lowest BCUT2D eigenvalue weighted by Gasteiger charge is -2.12. The van der Waals surface area contributed by atoms with Crippen molar-refractivity contribution in [2.75, 3.05) is 11.9 Å². The Kier molecular flexibility index (Phi) is 5.09. The highest BCUT2D eigenvalue weighted by molar-refractivity contribution is 6.28. The fourth-order valence-electron chi connectivity index (χ4n) is 2.89. The lowest BCUT2D eigenvalue weighted by molar-refractivity contribution is 0.0527. The maximum atomic E-state index is 12.5. The minimum absolute atomic E-state index is 0.0973. The second-order valence-electron chi connectivity index (χ2n) is 6.19. The topological polar surface area (TPSA) is 94.8 Å². The van der Waals surface area contributed by atoms with Crippen LogP contribution in [-0.4, -0.2) is 37.3 Å². The van der Waals surface area contributed by atoms with E-state index < -0.39 is 5.97 Å². The van der Waals surface area contributed by atoms with Gasteiger partial charge in [-0.05, 0) is 43.6 Å². The Bertz CT molecular complexity index is 1190. The summed E-state index contributed by atoms with van der Waals surface area (Å²) in [5, 5.41) is 8.56. The van der Waals surface area contributed by atoms with Crippen LogP contribution in [0.15, 0.2) is 48.7 Å². The molecule has 1 N–H and O–H groups in total. The molecule has 0 aliphatic carbocycles. The summed E-state index contributed by atoms with van der Waals surface area (Å²) in [5.74, 6) is 0.841. The molecule has 0 fully saturated rings. The van der Waals surface area contributed by atoms with Crippen molar-refractivity contribution in [2.45, 2.75) is 13.8 Å². The van der Waals surface area contributed by atoms with Crippen molar-refractivity contribution in [3.05, 3.63) is 65.2 Å². The van der Waals surface area contributed by atoms with E-state index in [0.717, 1.165) is 10.9 Å². The Morgan fingerprint density at radius 2 is 2.00 bits per heavy atom. The van der Waals surface area contributed by atoms with Gasteiger partial charge in [-0.25, -0.2) is 19.7 Å². The van der Waals surface area contributed by atoms with Crippen molar-refractivity contribution in [1.29, 1.82) is 0 Å². The van der Waals surface area contributed by atoms with Gasteiger partial charge >= 0.3 is 5.97 Å². The first-order chi connectivity index (χ1) is 14.0. The van der Waals surface area contributed by atoms with Gasteiger partial charge in [0.1, 0.15) is 11.4 Å². The van der Waals surface area contributed by atoms with Gasteiger partial charge in [-0.3, -0.25) is 0 Å². The second-order valence-corrected chi connectivity index (χ2v) is 6.53. The van der Waals surface area contributed by atoms with E-state index in [0.29, 0.717) is 23.1 Å². The third kappa shape index (κ3) is 3.88. The zero-order chi connectivity index (χ0) is 20.4. The number of hydrogen-bond acceptors (Lipinski definition) is 7. The van der Waals surface area contributed by atoms with Gasteiger partial charge in [0.05, 0.1) is 18.3 Å². The highest BCUT2D eigenvalue weighted by Crippen LogP contribution is 2.25. The molecule has 3 aromatic heterocycles. The van der Waals surface area contributed by atoms with Crippen molar-refractivity contribution in [1.82, 2.24) is 24.7 Å². The third-order valence-corrected chi connectivity index (χ3v) is 4.31. The molecule has 0 saturated heterocycles. The van der Waals surface area contributed by atoms with Crippen LogP contribution in [0.2, 0.25) is 5.28 Å². The number of esters is 1. The van der Waals surface area contributed by atoms with Crippen molar-refractivity contribution in [3.63, 3.8) is 0 Å². The smallest absolute Gasteiger partial charge is 0.343 e. The van der Waals surface area contributed by atoms with Crippen LogP contribution in [0.3, 0.4) is 0 Å². The number of nitrogens with zero attached hydrogens (tertiary/aromatic N) is 5. The summed E-state index contributed by atoms with van der Waals surface area (Å²) >= 11 is 5.98. The molecule has 146 valence electrons. The van der Waals surface area contributed by atoms with E-state index in [1.165, 1.54) is 10.9 Å². The van der Waals surface area contributed by atoms with E-state index in [1.807, 2.05) is 36.4 Å². The number of nitrogens with one attached hydrogen (secondary N) is 1. The lowest BCUT2D eigenvalue weighted by Crippen LogP contribution is -2.11. The Labute approximate surface area is 171 Å². The molecule has 4 aromatic rings. The minimum Gasteiger partial charge on any atom is -0.462 e. The van der Waals surface area contributed by atoms with Gasteiger partial charge in [0.25, 0.3) is 0 Å². The molecule has 8 nitrogen and oxygen atoms in total. The zero-order valence-electron chi connectivity index (χ0n) is 15.8. The van der Waals surface area contributed by atoms with Crippen molar-refractivity contribution >= 4 is 40.1 Å². The largest absolute Gasteiger partial charge is 0.462 e. The summed E-state index contributed by atoms with van der Waals surface area (Å²) in [7, 11) is 0. The Morgan fingerprint density at radius 1 is 1.17 bits per heavy atom. The number of aromatic nitrogens is 5. The first-order valence-corrected chi connectivity index (χ1v) is 9.32. The van der Waals surface area contributed by atoms with Gasteiger partial charge < -0.3 is 10.1 Å². The number of ether oxygens (including phenoxy) is 1. The predicted octanol–water partition coefficient (Wildman–Crippen LogP) is 4.09. The fourth-order valence-corrected chi connectivity index (χ4v) is 3.12. The predicted molar refractivity (Wildman–Crippen MR) is 110 cm³/mol. The molecule has 0 bridgehead atoms. The first-order valence-electron chi connectivity index (χ1n) is 8.94. The minimum atomic E-state index is -0.501. The standard InChI is InChI=1S/C20H17ClN6O2/c1-3-29-19(28)14-11-22-27(17-9-8-13-6-4-5-7-15(13)24-17)18(14)25-16-10-12(2)23-20(21)26-16/h4-11H,3H2,1-2H3,(H,23,25,26). The monoisotopic (exact) mass is 408 g/mol. The number of rotatable bonds is 5. The molecule has 0 saturated carbocycles. The van der Waals surface area contributed by atoms with Gasteiger partial charge in [-0.15, -0.1) is 0 Å². The summed E-state index contributed by atoms with van der Waals surface area (Å²) < 4.78 is 6.69. The Morgan fingerprint density at radius 3 is 2.79 bits per heavy atom. The number of para-hydroxylation sites is 1. The molecule has 4 rings (SSSR count). The quantitative estimate of drug-likeness (QED) is 0.392. The summed E-state index contributed by atoms with van der Waals surface area (Å²) in [6, 6.07) is 13.2. The van der Waals surface area contributed by atoms with Gasteiger partial charge in [-0.2, -0.15) is 9.78 Å². The van der Waals surface area contributed by atoms with Crippen LogP contribution in [0.25, 0.3) is 16.7 Å². The summed E-state index contributed by atoms with van der Waals surface area (Å²) in [4.78, 5) is 25.3. The molecular weight excluding hydrogens is 392 g/mol. The third-order valence-electron chi connectivity index (χ3n) is 4.14. The summed E-state index contributed by atoms with van der Waals surface area (Å²) in [6.45, 7) is 3.79. The first kappa shape index (κ1) is 18.8. The second kappa shape index (κ2) is 7.84. The van der Waals surface area contributed by atoms with Crippen LogP contribution in [0.5, 0.6) is 0 Å². The van der Waals surface area contributed by atoms with Crippen LogP contribution in [0, 0.1) is 6.92 Å². The molecular formula is C20H17ClN6O2. The van der Waals surface area contributed by atoms with Crippen LogP contribution in [0.4, 0.5) is 11.6 Å². The van der Waals surface area contributed by atoms with Crippen LogP contribution in [0.1, 0.15) is 23.0 Å². The average Bonchev–Trinajstić information content (AvgIpc) is 3.10. The Balaban J connectivity index is 1.83. The molecule has 29 heavy (non-hydrogen) atoms. The van der Waals surface area contributed by atoms with Gasteiger partial charge in [-0.1, -0.05) is 18.2 Å². The SMILES string of the molecule is CCOC(=O)c1cnn(-c2ccc3ccccc3n2)c1Nc1cc(C)nc(Cl)n1. The number of pyridine rings is 1. The van der Waals surface area contributed by atoms with Crippen molar-refractivity contribution in [3.8, 4) is 5.82 Å². The van der Waals surface area contributed by atoms with Crippen LogP contribution in [-0.2, 0) is 4.74 Å². The molecule has 3 heterocycles. The van der Waals surface area contributed by atoms with Gasteiger partial charge in [0.15, 0.2) is 11.6 Å². The van der Waals surface area contributed by atoms with Crippen LogP contribution < -0.4 is 5.32 Å². The molecule has 0 radical (unpaired) electrons. The van der Waals surface area contributed by atoms with Gasteiger partial charge in [0.2, 0.25) is 5.28 Å². The number of anilines is 2. The van der Waals surface area contributed by atoms with E-state index in [-0.39, 0.29) is 17.5 Å². The number of carbonyl (C=O) groups is 1. The molecule has 0 amide bonds. The number of hydrogen-bond donors (Lipinski definition) is 1. The fraction of sp³-hybridized carbons (Fsp3) is 0.150. The highest BCUT2D eigenvalue weighted by atomic mass is 35.5. The van der Waals surface area contributed by atoms with Crippen LogP contribution >= 0.6 is 11.6 Å². The van der Waals surface area contributed by atoms with E-state index in [2.05, 4.69) is 25.4 Å². The molecule has 9 heteroatoms. The van der Waals surface area contributed by atoms with Gasteiger partial charge in [0, 0.05) is 17.1 Å². The number of fused-ring (bicyclic) bond motifs is 1.